The zero-order valence-electron chi connectivity index (χ0n) is 24.5. The van der Waals surface area contributed by atoms with Crippen LogP contribution in [0.5, 0.6) is 23.0 Å². The van der Waals surface area contributed by atoms with Crippen LogP contribution in [0.3, 0.4) is 0 Å². The summed E-state index contributed by atoms with van der Waals surface area (Å²) in [5.41, 5.74) is -2.48. The molecule has 0 unspecified atom stereocenters. The SMILES string of the molecule is COc1c(O[C@@H]2O[C@H](C(=O)O)[C@](O)(C[C@H]3CNCN3)[C@@H](O)[C@H]2O)cc2oc(-c3ccc(OC4CCCC4)cc3)cc(=O)c2c1O. The molecule has 1 saturated carbocycles. The van der Waals surface area contributed by atoms with Gasteiger partial charge < -0.3 is 59.5 Å². The van der Waals surface area contributed by atoms with Gasteiger partial charge in [0.2, 0.25) is 12.0 Å². The van der Waals surface area contributed by atoms with Crippen molar-refractivity contribution in [3.63, 3.8) is 0 Å². The van der Waals surface area contributed by atoms with E-state index in [1.807, 2.05) is 0 Å². The molecule has 14 nitrogen and oxygen atoms in total. The fraction of sp³-hybridized carbons (Fsp3) is 0.484. The normalized spacial score (nSPS) is 28.8. The van der Waals surface area contributed by atoms with Crippen molar-refractivity contribution in [3.8, 4) is 34.3 Å². The monoisotopic (exact) mass is 628 g/mol. The van der Waals surface area contributed by atoms with Crippen LogP contribution in [0.2, 0.25) is 0 Å². The molecule has 3 aliphatic rings. The number of fused-ring (bicyclic) bond motifs is 1. The van der Waals surface area contributed by atoms with E-state index >= 15 is 0 Å². The Morgan fingerprint density at radius 1 is 1.11 bits per heavy atom. The van der Waals surface area contributed by atoms with Crippen molar-refractivity contribution in [2.75, 3.05) is 20.3 Å². The molecule has 14 heteroatoms. The number of aliphatic hydroxyl groups excluding tert-OH is 2. The van der Waals surface area contributed by atoms with Crippen molar-refractivity contribution in [2.45, 2.75) is 74.5 Å². The summed E-state index contributed by atoms with van der Waals surface area (Å²) in [6.07, 6.45) is -3.52. The number of phenolic OH excluding ortho intramolecular Hbond substituents is 1. The summed E-state index contributed by atoms with van der Waals surface area (Å²) in [4.78, 5) is 25.3. The number of rotatable bonds is 9. The lowest BCUT2D eigenvalue weighted by atomic mass is 9.79. The molecule has 2 aromatic carbocycles. The summed E-state index contributed by atoms with van der Waals surface area (Å²) < 4.78 is 28.6. The zero-order chi connectivity index (χ0) is 31.9. The van der Waals surface area contributed by atoms with E-state index in [0.29, 0.717) is 24.5 Å². The van der Waals surface area contributed by atoms with E-state index < -0.39 is 53.4 Å². The van der Waals surface area contributed by atoms with Gasteiger partial charge in [0.15, 0.2) is 23.0 Å². The molecule has 0 amide bonds. The van der Waals surface area contributed by atoms with Crippen molar-refractivity contribution in [1.82, 2.24) is 10.6 Å². The van der Waals surface area contributed by atoms with Gasteiger partial charge >= 0.3 is 5.97 Å². The first-order valence-corrected chi connectivity index (χ1v) is 14.8. The fourth-order valence-electron chi connectivity index (χ4n) is 6.31. The predicted molar refractivity (Wildman–Crippen MR) is 157 cm³/mol. The molecule has 0 radical (unpaired) electrons. The number of aliphatic hydroxyl groups is 3. The molecule has 242 valence electrons. The molecule has 7 N–H and O–H groups in total. The largest absolute Gasteiger partial charge is 0.504 e. The number of hydrogen-bond donors (Lipinski definition) is 7. The third-order valence-electron chi connectivity index (χ3n) is 8.65. The second-order valence-electron chi connectivity index (χ2n) is 11.7. The Kier molecular flexibility index (Phi) is 8.61. The maximum atomic E-state index is 13.1. The van der Waals surface area contributed by atoms with Gasteiger partial charge in [-0.3, -0.25) is 4.79 Å². The maximum Gasteiger partial charge on any atom is 0.336 e. The summed E-state index contributed by atoms with van der Waals surface area (Å²) in [7, 11) is 1.20. The van der Waals surface area contributed by atoms with Crippen LogP contribution in [0.4, 0.5) is 0 Å². The minimum absolute atomic E-state index is 0.103. The van der Waals surface area contributed by atoms with Gasteiger partial charge in [0.25, 0.3) is 0 Å². The van der Waals surface area contributed by atoms with Crippen LogP contribution in [0.15, 0.2) is 45.6 Å². The van der Waals surface area contributed by atoms with Crippen LogP contribution in [0, 0.1) is 0 Å². The smallest absolute Gasteiger partial charge is 0.336 e. The van der Waals surface area contributed by atoms with Crippen LogP contribution in [-0.4, -0.2) is 94.2 Å². The fourth-order valence-corrected chi connectivity index (χ4v) is 6.31. The Hall–Kier alpha value is -3.92. The van der Waals surface area contributed by atoms with E-state index in [2.05, 4.69) is 10.6 Å². The minimum atomic E-state index is -2.37. The Labute approximate surface area is 257 Å². The van der Waals surface area contributed by atoms with Crippen LogP contribution >= 0.6 is 0 Å². The quantitative estimate of drug-likeness (QED) is 0.177. The molecule has 2 aliphatic heterocycles. The number of aromatic hydroxyl groups is 1. The van der Waals surface area contributed by atoms with Crippen molar-refractivity contribution >= 4 is 16.9 Å². The lowest BCUT2D eigenvalue weighted by Gasteiger charge is -2.47. The molecule has 0 bridgehead atoms. The minimum Gasteiger partial charge on any atom is -0.504 e. The highest BCUT2D eigenvalue weighted by Crippen LogP contribution is 2.44. The lowest BCUT2D eigenvalue weighted by molar-refractivity contribution is -0.306. The number of carboxylic acids is 1. The highest BCUT2D eigenvalue weighted by Gasteiger charge is 2.59. The highest BCUT2D eigenvalue weighted by molar-refractivity contribution is 5.89. The lowest BCUT2D eigenvalue weighted by Crippen LogP contribution is -2.70. The Bertz CT molecular complexity index is 1600. The van der Waals surface area contributed by atoms with E-state index in [9.17, 15) is 35.1 Å². The van der Waals surface area contributed by atoms with Crippen LogP contribution in [0.1, 0.15) is 32.1 Å². The number of phenols is 1. The summed E-state index contributed by atoms with van der Waals surface area (Å²) >= 11 is 0. The number of methoxy groups -OCH3 is 1. The molecule has 3 aromatic rings. The Morgan fingerprint density at radius 3 is 2.49 bits per heavy atom. The van der Waals surface area contributed by atoms with E-state index in [4.69, 9.17) is 23.4 Å². The molecule has 3 fully saturated rings. The Morgan fingerprint density at radius 2 is 1.84 bits per heavy atom. The van der Waals surface area contributed by atoms with E-state index in [1.54, 1.807) is 24.3 Å². The topological polar surface area (TPSA) is 209 Å². The van der Waals surface area contributed by atoms with Gasteiger partial charge in [-0.2, -0.15) is 0 Å². The van der Waals surface area contributed by atoms with Gasteiger partial charge in [0, 0.05) is 37.0 Å². The van der Waals surface area contributed by atoms with E-state index in [-0.39, 0.29) is 40.8 Å². The summed E-state index contributed by atoms with van der Waals surface area (Å²) in [6, 6.07) is 9.11. The number of ether oxygens (including phenoxy) is 4. The summed E-state index contributed by atoms with van der Waals surface area (Å²) in [5.74, 6) is -1.94. The summed E-state index contributed by atoms with van der Waals surface area (Å²) in [6.45, 7) is 0.823. The van der Waals surface area contributed by atoms with Crippen LogP contribution < -0.4 is 30.3 Å². The highest BCUT2D eigenvalue weighted by atomic mass is 16.7. The molecule has 2 saturated heterocycles. The van der Waals surface area contributed by atoms with Gasteiger partial charge in [0.1, 0.15) is 40.3 Å². The molecule has 6 rings (SSSR count). The third-order valence-corrected chi connectivity index (χ3v) is 8.65. The second-order valence-corrected chi connectivity index (χ2v) is 11.7. The average molecular weight is 629 g/mol. The predicted octanol–water partition coefficient (Wildman–Crippen LogP) is 1.05. The van der Waals surface area contributed by atoms with Crippen molar-refractivity contribution in [3.05, 3.63) is 46.6 Å². The van der Waals surface area contributed by atoms with Crippen molar-refractivity contribution in [2.24, 2.45) is 0 Å². The zero-order valence-corrected chi connectivity index (χ0v) is 24.5. The average Bonchev–Trinajstić information content (AvgIpc) is 3.72. The third kappa shape index (κ3) is 5.92. The second kappa shape index (κ2) is 12.5. The number of carbonyl (C=O) groups is 1. The molecule has 0 spiro atoms. The first-order valence-electron chi connectivity index (χ1n) is 14.8. The molecule has 6 atom stereocenters. The van der Waals surface area contributed by atoms with Gasteiger partial charge in [-0.15, -0.1) is 0 Å². The molecule has 3 heterocycles. The van der Waals surface area contributed by atoms with Gasteiger partial charge in [-0.05, 0) is 56.4 Å². The first kappa shape index (κ1) is 31.1. The van der Waals surface area contributed by atoms with E-state index in [1.165, 1.54) is 19.2 Å². The number of carboxylic acid groups (broad SMARTS) is 1. The molecular weight excluding hydrogens is 592 g/mol. The number of hydrogen-bond acceptors (Lipinski definition) is 13. The van der Waals surface area contributed by atoms with E-state index in [0.717, 1.165) is 25.7 Å². The Balaban J connectivity index is 1.30. The molecule has 1 aromatic heterocycles. The summed E-state index contributed by atoms with van der Waals surface area (Å²) in [5, 5.41) is 59.8. The van der Waals surface area contributed by atoms with Crippen molar-refractivity contribution < 1.29 is 53.7 Å². The standard InChI is InChI=1S/C31H36N2O12/c1-41-26-22(44-30-25(36)27(37)31(40,28(45-30)29(38)39)12-16-13-32-14-33-16)11-21-23(24(26)35)19(34)10-20(43-21)15-6-8-18(9-7-15)42-17-4-2-3-5-17/h6-11,16-17,25,27-28,30,32-33,35-37,40H,2-5,12-14H2,1H3,(H,38,39)/t16-,25+,27-,28+,30+,31-/m0/s1. The molecular formula is C31H36N2O12. The van der Waals surface area contributed by atoms with Gasteiger partial charge in [-0.25, -0.2) is 4.79 Å². The maximum absolute atomic E-state index is 13.1. The van der Waals surface area contributed by atoms with Gasteiger partial charge in [-0.1, -0.05) is 0 Å². The number of aliphatic carboxylic acids is 1. The van der Waals surface area contributed by atoms with Crippen LogP contribution in [-0.2, 0) is 9.53 Å². The first-order chi connectivity index (χ1) is 21.6. The molecule has 1 aliphatic carbocycles. The molecule has 45 heavy (non-hydrogen) atoms. The van der Waals surface area contributed by atoms with Crippen molar-refractivity contribution in [1.29, 1.82) is 0 Å². The number of benzene rings is 2. The number of nitrogens with one attached hydrogen (secondary N) is 2. The van der Waals surface area contributed by atoms with Gasteiger partial charge in [0.05, 0.1) is 13.2 Å². The van der Waals surface area contributed by atoms with Crippen LogP contribution in [0.25, 0.3) is 22.3 Å².